The fraction of sp³-hybridized carbons (Fsp3) is 0.600. The van der Waals surface area contributed by atoms with Crippen LogP contribution in [-0.2, 0) is 16.8 Å². The molecule has 0 aliphatic rings. The van der Waals surface area contributed by atoms with Gasteiger partial charge in [-0.15, -0.1) is 5.10 Å². The standard InChI is InChI=1S/C17H26O3.C13H22N4O/c1-5-16(19)14-9-13(12-20-8-6-7-18)10-15(11-14)17(2,3)4;1-6-11(7-2)18-12-8-9(3)13(15-5)17(16-12)10(4)14/h9-11,18H,5-8,12H2,1-4H3;8,11,14H,6-7H2,1-5H3. The first-order chi connectivity index (χ1) is 17.9. The van der Waals surface area contributed by atoms with Crippen LogP contribution in [0, 0.1) is 12.3 Å². The van der Waals surface area contributed by atoms with Gasteiger partial charge in [0.2, 0.25) is 5.88 Å². The van der Waals surface area contributed by atoms with Crippen molar-refractivity contribution < 1.29 is 19.4 Å². The van der Waals surface area contributed by atoms with Crippen molar-refractivity contribution in [1.82, 2.24) is 9.78 Å². The molecule has 0 bridgehead atoms. The van der Waals surface area contributed by atoms with Crippen molar-refractivity contribution in [2.45, 2.75) is 99.2 Å². The second kappa shape index (κ2) is 16.2. The number of hydrogen-bond acceptors (Lipinski definition) is 7. The predicted molar refractivity (Wildman–Crippen MR) is 153 cm³/mol. The number of nitrogens with one attached hydrogen (secondary N) is 1. The van der Waals surface area contributed by atoms with Gasteiger partial charge < -0.3 is 14.6 Å². The molecule has 0 aliphatic carbocycles. The molecule has 8 heteroatoms. The first-order valence-electron chi connectivity index (χ1n) is 13.5. The van der Waals surface area contributed by atoms with E-state index in [0.29, 0.717) is 43.3 Å². The number of rotatable bonds is 11. The molecule has 0 fully saturated rings. The van der Waals surface area contributed by atoms with Gasteiger partial charge in [-0.1, -0.05) is 47.6 Å². The van der Waals surface area contributed by atoms with Crippen LogP contribution in [0.3, 0.4) is 0 Å². The number of aliphatic hydroxyl groups excluding tert-OH is 1. The van der Waals surface area contributed by atoms with E-state index in [1.54, 1.807) is 14.0 Å². The smallest absolute Gasteiger partial charge is 0.232 e. The zero-order valence-electron chi connectivity index (χ0n) is 24.9. The van der Waals surface area contributed by atoms with Gasteiger partial charge in [0, 0.05) is 38.3 Å². The Labute approximate surface area is 228 Å². The van der Waals surface area contributed by atoms with Gasteiger partial charge in [-0.05, 0) is 67.3 Å². The third kappa shape index (κ3) is 10.5. The molecule has 8 nitrogen and oxygen atoms in total. The largest absolute Gasteiger partial charge is 0.473 e. The van der Waals surface area contributed by atoms with E-state index in [1.165, 1.54) is 4.68 Å². The average Bonchev–Trinajstić information content (AvgIpc) is 2.88. The summed E-state index contributed by atoms with van der Waals surface area (Å²) >= 11 is 0. The van der Waals surface area contributed by atoms with Crippen molar-refractivity contribution in [1.29, 1.82) is 5.41 Å². The maximum absolute atomic E-state index is 11.9. The van der Waals surface area contributed by atoms with E-state index >= 15 is 0 Å². The van der Waals surface area contributed by atoms with Crippen LogP contribution in [0.4, 0.5) is 0 Å². The van der Waals surface area contributed by atoms with Gasteiger partial charge in [-0.2, -0.15) is 4.68 Å². The van der Waals surface area contributed by atoms with Crippen LogP contribution in [0.2, 0.25) is 0 Å². The summed E-state index contributed by atoms with van der Waals surface area (Å²) in [7, 11) is 1.70. The molecule has 2 aromatic rings. The molecule has 2 N–H and O–H groups in total. The van der Waals surface area contributed by atoms with Crippen LogP contribution in [0.15, 0.2) is 29.3 Å². The summed E-state index contributed by atoms with van der Waals surface area (Å²) in [6.07, 6.45) is 3.21. The summed E-state index contributed by atoms with van der Waals surface area (Å²) in [5.41, 5.74) is 4.59. The number of ether oxygens (including phenoxy) is 2. The summed E-state index contributed by atoms with van der Waals surface area (Å²) in [5.74, 6) is 1.04. The third-order valence-electron chi connectivity index (χ3n) is 6.04. The summed E-state index contributed by atoms with van der Waals surface area (Å²) in [6.45, 7) is 17.3. The minimum absolute atomic E-state index is 0.00385. The van der Waals surface area contributed by atoms with Gasteiger partial charge in [0.15, 0.2) is 11.3 Å². The molecule has 1 aromatic carbocycles. The van der Waals surface area contributed by atoms with E-state index in [9.17, 15) is 4.79 Å². The number of carbonyl (C=O) groups is 1. The van der Waals surface area contributed by atoms with Gasteiger partial charge in [0.05, 0.1) is 12.7 Å². The lowest BCUT2D eigenvalue weighted by Gasteiger charge is -2.21. The number of aryl methyl sites for hydroxylation is 1. The molecule has 0 unspecified atom stereocenters. The molecule has 0 amide bonds. The molecule has 1 aromatic heterocycles. The van der Waals surface area contributed by atoms with Crippen LogP contribution < -0.4 is 10.2 Å². The topological polar surface area (TPSA) is 110 Å². The Morgan fingerprint density at radius 1 is 1.16 bits per heavy atom. The highest BCUT2D eigenvalue weighted by Gasteiger charge is 2.17. The van der Waals surface area contributed by atoms with E-state index < -0.39 is 0 Å². The summed E-state index contributed by atoms with van der Waals surface area (Å²) in [5, 5.41) is 20.8. The molecule has 0 spiro atoms. The zero-order chi connectivity index (χ0) is 28.9. The summed E-state index contributed by atoms with van der Waals surface area (Å²) in [4.78, 5) is 16.1. The number of Topliss-reactive ketones (excluding diaryl/α,β-unsaturated/α-hetero) is 1. The Morgan fingerprint density at radius 2 is 1.82 bits per heavy atom. The molecular formula is C30H48N4O4. The van der Waals surface area contributed by atoms with E-state index in [2.05, 4.69) is 50.8 Å². The highest BCUT2D eigenvalue weighted by atomic mass is 16.5. The number of benzene rings is 1. The van der Waals surface area contributed by atoms with Crippen LogP contribution in [0.1, 0.15) is 101 Å². The van der Waals surface area contributed by atoms with Crippen molar-refractivity contribution in [2.24, 2.45) is 4.99 Å². The summed E-state index contributed by atoms with van der Waals surface area (Å²) < 4.78 is 12.8. The van der Waals surface area contributed by atoms with Crippen LogP contribution in [-0.4, -0.2) is 52.9 Å². The Kier molecular flexibility index (Phi) is 14.1. The van der Waals surface area contributed by atoms with Gasteiger partial charge in [0.25, 0.3) is 0 Å². The number of ketones is 1. The molecule has 2 rings (SSSR count). The molecule has 0 saturated carbocycles. The van der Waals surface area contributed by atoms with E-state index in [1.807, 2.05) is 32.0 Å². The fourth-order valence-corrected chi connectivity index (χ4v) is 3.71. The number of carbonyl (C=O) groups excluding carboxylic acids is 1. The lowest BCUT2D eigenvalue weighted by atomic mass is 9.84. The second-order valence-corrected chi connectivity index (χ2v) is 10.3. The molecule has 212 valence electrons. The lowest BCUT2D eigenvalue weighted by Crippen LogP contribution is -2.31. The number of aromatic nitrogens is 2. The van der Waals surface area contributed by atoms with Crippen LogP contribution >= 0.6 is 0 Å². The highest BCUT2D eigenvalue weighted by Crippen LogP contribution is 2.25. The molecular weight excluding hydrogens is 480 g/mol. The van der Waals surface area contributed by atoms with Crippen molar-refractivity contribution in [3.63, 3.8) is 0 Å². The quantitative estimate of drug-likeness (QED) is 0.170. The molecule has 0 radical (unpaired) electrons. The predicted octanol–water partition coefficient (Wildman–Crippen LogP) is 5.61. The van der Waals surface area contributed by atoms with Gasteiger partial charge in [0.1, 0.15) is 5.84 Å². The van der Waals surface area contributed by atoms with Crippen molar-refractivity contribution >= 4 is 11.6 Å². The van der Waals surface area contributed by atoms with Crippen molar-refractivity contribution in [3.05, 3.63) is 52.0 Å². The van der Waals surface area contributed by atoms with Gasteiger partial charge in [-0.25, -0.2) is 0 Å². The van der Waals surface area contributed by atoms with E-state index in [-0.39, 0.29) is 23.9 Å². The molecule has 38 heavy (non-hydrogen) atoms. The first kappa shape index (κ1) is 33.2. The number of aliphatic hydroxyl groups is 1. The minimum Gasteiger partial charge on any atom is -0.473 e. The zero-order valence-corrected chi connectivity index (χ0v) is 24.9. The van der Waals surface area contributed by atoms with Gasteiger partial charge >= 0.3 is 0 Å². The van der Waals surface area contributed by atoms with Crippen molar-refractivity contribution in [3.8, 4) is 5.88 Å². The average molecular weight is 529 g/mol. The number of nitrogens with zero attached hydrogens (tertiary/aromatic N) is 3. The Morgan fingerprint density at radius 3 is 2.32 bits per heavy atom. The maximum atomic E-state index is 11.9. The molecule has 0 atom stereocenters. The molecule has 0 aliphatic heterocycles. The Hall–Kier alpha value is -2.84. The summed E-state index contributed by atoms with van der Waals surface area (Å²) in [6, 6.07) is 7.88. The van der Waals surface area contributed by atoms with E-state index in [4.69, 9.17) is 20.0 Å². The van der Waals surface area contributed by atoms with Crippen molar-refractivity contribution in [2.75, 3.05) is 20.3 Å². The van der Waals surface area contributed by atoms with Gasteiger partial charge in [-0.3, -0.25) is 15.2 Å². The Balaban J connectivity index is 0.000000382. The SMILES string of the molecule is CCC(=O)c1cc(COCCCO)cc(C(C)(C)C)c1.CCC(CC)Oc1cc(C)c(=NC)n(C(C)=N)n1. The third-order valence-corrected chi connectivity index (χ3v) is 6.04. The maximum Gasteiger partial charge on any atom is 0.232 e. The van der Waals surface area contributed by atoms with E-state index in [0.717, 1.165) is 35.1 Å². The monoisotopic (exact) mass is 528 g/mol. The highest BCUT2D eigenvalue weighted by molar-refractivity contribution is 5.96. The first-order valence-corrected chi connectivity index (χ1v) is 13.5. The second-order valence-electron chi connectivity index (χ2n) is 10.3. The van der Waals surface area contributed by atoms with Crippen LogP contribution in [0.25, 0.3) is 0 Å². The fourth-order valence-electron chi connectivity index (χ4n) is 3.71. The Bertz CT molecular complexity index is 1110. The normalized spacial score (nSPS) is 11.8. The molecule has 1 heterocycles. The van der Waals surface area contributed by atoms with Crippen LogP contribution in [0.5, 0.6) is 5.88 Å². The molecule has 0 saturated heterocycles. The minimum atomic E-state index is 0.00385. The number of hydrogen-bond donors (Lipinski definition) is 2. The lowest BCUT2D eigenvalue weighted by molar-refractivity contribution is 0.0985.